The van der Waals surface area contributed by atoms with Crippen LogP contribution in [0.3, 0.4) is 0 Å². The number of carbonyl (C=O) groups excluding carboxylic acids is 1. The van der Waals surface area contributed by atoms with Crippen molar-refractivity contribution in [1.29, 1.82) is 0 Å². The number of hydrogen-bond acceptors (Lipinski definition) is 8. The molecule has 0 saturated heterocycles. The number of aromatic nitrogens is 5. The van der Waals surface area contributed by atoms with Crippen LogP contribution in [-0.4, -0.2) is 50.0 Å². The lowest BCUT2D eigenvalue weighted by atomic mass is 9.90. The van der Waals surface area contributed by atoms with Gasteiger partial charge in [0.05, 0.1) is 18.1 Å². The molecular weight excluding hydrogens is 382 g/mol. The molecule has 1 fully saturated rings. The third-order valence-electron chi connectivity index (χ3n) is 5.26. The van der Waals surface area contributed by atoms with Crippen molar-refractivity contribution >= 4 is 23.4 Å². The van der Waals surface area contributed by atoms with Crippen molar-refractivity contribution < 1.29 is 4.79 Å². The van der Waals surface area contributed by atoms with Gasteiger partial charge in [-0.25, -0.2) is 4.98 Å². The maximum Gasteiger partial charge on any atom is 0.254 e. The van der Waals surface area contributed by atoms with Crippen molar-refractivity contribution in [3.05, 3.63) is 48.4 Å². The largest absolute Gasteiger partial charge is 0.365 e. The van der Waals surface area contributed by atoms with E-state index in [1.807, 2.05) is 31.3 Å². The second kappa shape index (κ2) is 8.87. The van der Waals surface area contributed by atoms with Gasteiger partial charge in [-0.2, -0.15) is 20.0 Å². The molecule has 3 aromatic rings. The molecule has 10 heteroatoms. The van der Waals surface area contributed by atoms with Gasteiger partial charge < -0.3 is 21.7 Å². The van der Waals surface area contributed by atoms with E-state index in [-0.39, 0.29) is 11.6 Å². The number of amides is 1. The molecule has 2 atom stereocenters. The zero-order valence-corrected chi connectivity index (χ0v) is 16.7. The fourth-order valence-corrected chi connectivity index (χ4v) is 3.74. The molecule has 30 heavy (non-hydrogen) atoms. The van der Waals surface area contributed by atoms with Gasteiger partial charge in [0, 0.05) is 24.0 Å². The summed E-state index contributed by atoms with van der Waals surface area (Å²) in [6.45, 7) is 0. The summed E-state index contributed by atoms with van der Waals surface area (Å²) in [7, 11) is 1.97. The summed E-state index contributed by atoms with van der Waals surface area (Å²) >= 11 is 0. The second-order valence-electron chi connectivity index (χ2n) is 7.24. The molecule has 1 aliphatic carbocycles. The molecule has 0 radical (unpaired) electrons. The Balaban J connectivity index is 1.59. The van der Waals surface area contributed by atoms with Crippen LogP contribution in [0.2, 0.25) is 0 Å². The SMILES string of the molecule is CNC1CCCCC1Nc1ncc(C(N)=O)c(Nc2cccc(-n3nccn3)c2)n1. The molecule has 2 heterocycles. The summed E-state index contributed by atoms with van der Waals surface area (Å²) in [5.74, 6) is 0.210. The smallest absolute Gasteiger partial charge is 0.254 e. The van der Waals surface area contributed by atoms with E-state index in [0.29, 0.717) is 17.8 Å². The maximum atomic E-state index is 11.9. The molecule has 2 aromatic heterocycles. The minimum Gasteiger partial charge on any atom is -0.365 e. The Hall–Kier alpha value is -3.53. The Labute approximate surface area is 174 Å². The predicted molar refractivity (Wildman–Crippen MR) is 114 cm³/mol. The molecule has 0 spiro atoms. The van der Waals surface area contributed by atoms with Gasteiger partial charge in [0.2, 0.25) is 5.95 Å². The van der Waals surface area contributed by atoms with Crippen LogP contribution in [0.15, 0.2) is 42.9 Å². The van der Waals surface area contributed by atoms with Crippen molar-refractivity contribution in [2.24, 2.45) is 5.73 Å². The Morgan fingerprint density at radius 3 is 2.67 bits per heavy atom. The average molecular weight is 407 g/mol. The van der Waals surface area contributed by atoms with Crippen LogP contribution in [0.4, 0.5) is 17.5 Å². The van der Waals surface area contributed by atoms with E-state index in [4.69, 9.17) is 5.73 Å². The van der Waals surface area contributed by atoms with Gasteiger partial charge in [0.1, 0.15) is 11.4 Å². The first-order valence-corrected chi connectivity index (χ1v) is 9.98. The molecule has 5 N–H and O–H groups in total. The lowest BCUT2D eigenvalue weighted by Gasteiger charge is -2.32. The van der Waals surface area contributed by atoms with Crippen molar-refractivity contribution in [2.45, 2.75) is 37.8 Å². The third kappa shape index (κ3) is 4.38. The Bertz CT molecular complexity index is 1010. The first-order chi connectivity index (χ1) is 14.6. The molecule has 2 unspecified atom stereocenters. The number of hydrogen-bond donors (Lipinski definition) is 4. The zero-order valence-electron chi connectivity index (χ0n) is 16.7. The van der Waals surface area contributed by atoms with Crippen molar-refractivity contribution in [2.75, 3.05) is 17.7 Å². The van der Waals surface area contributed by atoms with E-state index in [1.54, 1.807) is 12.4 Å². The molecule has 1 amide bonds. The lowest BCUT2D eigenvalue weighted by molar-refractivity contribution is 0.100. The average Bonchev–Trinajstić information content (AvgIpc) is 3.29. The van der Waals surface area contributed by atoms with Gasteiger partial charge in [-0.1, -0.05) is 18.9 Å². The topological polar surface area (TPSA) is 136 Å². The van der Waals surface area contributed by atoms with Crippen molar-refractivity contribution in [1.82, 2.24) is 30.3 Å². The van der Waals surface area contributed by atoms with Crippen LogP contribution in [-0.2, 0) is 0 Å². The Morgan fingerprint density at radius 1 is 1.17 bits per heavy atom. The highest BCUT2D eigenvalue weighted by Crippen LogP contribution is 2.24. The first-order valence-electron chi connectivity index (χ1n) is 9.98. The molecule has 4 rings (SSSR count). The molecular formula is C20H25N9O. The van der Waals surface area contributed by atoms with E-state index < -0.39 is 5.91 Å². The molecule has 0 aliphatic heterocycles. The summed E-state index contributed by atoms with van der Waals surface area (Å²) in [5.41, 5.74) is 7.26. The molecule has 156 valence electrons. The second-order valence-corrected chi connectivity index (χ2v) is 7.24. The van der Waals surface area contributed by atoms with Gasteiger partial charge in [0.25, 0.3) is 5.91 Å². The highest BCUT2D eigenvalue weighted by atomic mass is 16.1. The molecule has 1 aliphatic rings. The van der Waals surface area contributed by atoms with Gasteiger partial charge in [0.15, 0.2) is 0 Å². The van der Waals surface area contributed by atoms with Crippen molar-refractivity contribution in [3.63, 3.8) is 0 Å². The minimum absolute atomic E-state index is 0.219. The standard InChI is InChI=1S/C20H25N9O/c1-22-16-7-2-3-8-17(16)27-20-23-12-15(18(21)30)19(28-20)26-13-5-4-6-14(11-13)29-24-9-10-25-29/h4-6,9-12,16-17,22H,2-3,7-8H2,1H3,(H2,21,30)(H2,23,26,27,28). The van der Waals surface area contributed by atoms with E-state index in [2.05, 4.69) is 36.1 Å². The number of carbonyl (C=O) groups is 1. The molecule has 1 aromatic carbocycles. The summed E-state index contributed by atoms with van der Waals surface area (Å²) in [5, 5.41) is 18.2. The fourth-order valence-electron chi connectivity index (χ4n) is 3.74. The number of likely N-dealkylation sites (N-methyl/N-ethyl adjacent to an activating group) is 1. The lowest BCUT2D eigenvalue weighted by Crippen LogP contribution is -2.44. The zero-order chi connectivity index (χ0) is 20.9. The quantitative estimate of drug-likeness (QED) is 0.466. The monoisotopic (exact) mass is 407 g/mol. The third-order valence-corrected chi connectivity index (χ3v) is 5.26. The Morgan fingerprint density at radius 2 is 1.93 bits per heavy atom. The van der Waals surface area contributed by atoms with E-state index in [0.717, 1.165) is 30.6 Å². The number of nitrogens with two attached hydrogens (primary N) is 1. The van der Waals surface area contributed by atoms with E-state index >= 15 is 0 Å². The summed E-state index contributed by atoms with van der Waals surface area (Å²) in [4.78, 5) is 22.3. The van der Waals surface area contributed by atoms with Gasteiger partial charge in [-0.05, 0) is 38.1 Å². The van der Waals surface area contributed by atoms with Crippen LogP contribution in [0.5, 0.6) is 0 Å². The number of nitrogens with zero attached hydrogens (tertiary/aromatic N) is 5. The highest BCUT2D eigenvalue weighted by molar-refractivity contribution is 5.98. The number of primary amides is 1. The number of anilines is 3. The van der Waals surface area contributed by atoms with Crippen molar-refractivity contribution in [3.8, 4) is 5.69 Å². The normalized spacial score (nSPS) is 18.7. The molecule has 0 bridgehead atoms. The summed E-state index contributed by atoms with van der Waals surface area (Å²) in [6, 6.07) is 8.06. The van der Waals surface area contributed by atoms with E-state index in [1.165, 1.54) is 17.4 Å². The first kappa shape index (κ1) is 19.8. The van der Waals surface area contributed by atoms with Crippen LogP contribution in [0, 0.1) is 0 Å². The highest BCUT2D eigenvalue weighted by Gasteiger charge is 2.24. The molecule has 1 saturated carbocycles. The van der Waals surface area contributed by atoms with Gasteiger partial charge in [-0.15, -0.1) is 0 Å². The van der Waals surface area contributed by atoms with Crippen LogP contribution < -0.4 is 21.7 Å². The van der Waals surface area contributed by atoms with Crippen LogP contribution >= 0.6 is 0 Å². The van der Waals surface area contributed by atoms with Gasteiger partial charge >= 0.3 is 0 Å². The summed E-state index contributed by atoms with van der Waals surface area (Å²) in [6.07, 6.45) is 9.18. The van der Waals surface area contributed by atoms with Crippen LogP contribution in [0.25, 0.3) is 5.69 Å². The Kier molecular flexibility index (Phi) is 5.84. The van der Waals surface area contributed by atoms with Gasteiger partial charge in [-0.3, -0.25) is 4.79 Å². The van der Waals surface area contributed by atoms with E-state index in [9.17, 15) is 4.79 Å². The predicted octanol–water partition coefficient (Wildman–Crippen LogP) is 1.84. The molecule has 10 nitrogen and oxygen atoms in total. The number of benzene rings is 1. The van der Waals surface area contributed by atoms with Crippen LogP contribution in [0.1, 0.15) is 36.0 Å². The fraction of sp³-hybridized carbons (Fsp3) is 0.350. The minimum atomic E-state index is -0.597. The number of rotatable bonds is 7. The maximum absolute atomic E-state index is 11.9. The number of nitrogens with one attached hydrogen (secondary N) is 3. The summed E-state index contributed by atoms with van der Waals surface area (Å²) < 4.78 is 0.